The Morgan fingerprint density at radius 1 is 1.19 bits per heavy atom. The molecule has 0 aliphatic heterocycles. The Balaban J connectivity index is 2.89. The van der Waals surface area contributed by atoms with Gasteiger partial charge in [-0.15, -0.1) is 0 Å². The fraction of sp³-hybridized carbons (Fsp3) is 0.125. The Hall–Kier alpha value is -0.860. The van der Waals surface area contributed by atoms with E-state index in [0.717, 1.165) is 0 Å². The van der Waals surface area contributed by atoms with E-state index in [1.807, 2.05) is 0 Å². The molecule has 0 saturated heterocycles. The maximum atomic E-state index is 12.0. The first-order valence-corrected chi connectivity index (χ1v) is 6.79. The Labute approximate surface area is 93.4 Å². The topological polar surface area (TPSA) is 46.2 Å². The largest absolute Gasteiger partial charge is 0.512 e. The van der Waals surface area contributed by atoms with Gasteiger partial charge in [0, 0.05) is 4.90 Å². The summed E-state index contributed by atoms with van der Waals surface area (Å²) in [5.74, 6) is 3.34. The summed E-state index contributed by atoms with van der Waals surface area (Å²) >= 11 is 0. The molecule has 0 spiro atoms. The first-order chi connectivity index (χ1) is 7.24. The van der Waals surface area contributed by atoms with E-state index in [2.05, 4.69) is 5.87 Å². The van der Waals surface area contributed by atoms with Gasteiger partial charge in [0.1, 0.15) is 0 Å². The smallest absolute Gasteiger partial charge is 0.202 e. The van der Waals surface area contributed by atoms with E-state index in [1.54, 1.807) is 18.2 Å². The molecule has 0 aliphatic rings. The molecule has 1 unspecified atom stereocenters. The standard InChI is InChI=1S/C8H8F3NO2S2/c1-15(7-5-3-2-4-6-7)12-16(13,14)8(9,10)11/h2-6,12H,1H2. The van der Waals surface area contributed by atoms with Crippen LogP contribution in [0.1, 0.15) is 0 Å². The molecule has 8 heteroatoms. The molecule has 0 amide bonds. The van der Waals surface area contributed by atoms with Gasteiger partial charge in [0.05, 0.1) is 0 Å². The zero-order valence-corrected chi connectivity index (χ0v) is 9.49. The highest BCUT2D eigenvalue weighted by Gasteiger charge is 2.46. The maximum absolute atomic E-state index is 12.0. The Morgan fingerprint density at radius 3 is 2.12 bits per heavy atom. The van der Waals surface area contributed by atoms with E-state index >= 15 is 0 Å². The lowest BCUT2D eigenvalue weighted by Crippen LogP contribution is -2.33. The van der Waals surface area contributed by atoms with Crippen LogP contribution in [-0.2, 0) is 10.0 Å². The van der Waals surface area contributed by atoms with Crippen LogP contribution in [0.15, 0.2) is 35.2 Å². The number of rotatable bonds is 3. The van der Waals surface area contributed by atoms with Crippen molar-refractivity contribution in [1.82, 2.24) is 4.13 Å². The molecule has 1 atom stereocenters. The van der Waals surface area contributed by atoms with E-state index in [9.17, 15) is 21.6 Å². The highest BCUT2D eigenvalue weighted by molar-refractivity contribution is 8.19. The molecule has 1 rings (SSSR count). The summed E-state index contributed by atoms with van der Waals surface area (Å²) in [5.41, 5.74) is -5.31. The second-order valence-electron chi connectivity index (χ2n) is 2.74. The highest BCUT2D eigenvalue weighted by Crippen LogP contribution is 2.28. The summed E-state index contributed by atoms with van der Waals surface area (Å²) in [5, 5.41) is 0. The predicted octanol–water partition coefficient (Wildman–Crippen LogP) is 2.10. The van der Waals surface area contributed by atoms with E-state index in [4.69, 9.17) is 0 Å². The van der Waals surface area contributed by atoms with Crippen molar-refractivity contribution in [2.45, 2.75) is 10.4 Å². The Kier molecular flexibility index (Phi) is 3.76. The molecule has 0 aliphatic carbocycles. The SMILES string of the molecule is C=S(NS(=O)(=O)C(F)(F)F)c1ccccc1. The number of hydrogen-bond donors (Lipinski definition) is 1. The summed E-state index contributed by atoms with van der Waals surface area (Å²) in [7, 11) is -6.80. The average molecular weight is 271 g/mol. The molecule has 0 saturated carbocycles. The van der Waals surface area contributed by atoms with Crippen molar-refractivity contribution in [2.75, 3.05) is 0 Å². The van der Waals surface area contributed by atoms with Crippen molar-refractivity contribution < 1.29 is 21.6 Å². The van der Waals surface area contributed by atoms with Crippen LogP contribution in [0, 0.1) is 0 Å². The quantitative estimate of drug-likeness (QED) is 0.856. The van der Waals surface area contributed by atoms with Crippen molar-refractivity contribution >= 4 is 26.6 Å². The lowest BCUT2D eigenvalue weighted by Gasteiger charge is -2.12. The monoisotopic (exact) mass is 271 g/mol. The van der Waals surface area contributed by atoms with Crippen molar-refractivity contribution in [3.63, 3.8) is 0 Å². The van der Waals surface area contributed by atoms with Crippen LogP contribution < -0.4 is 4.13 Å². The number of benzene rings is 1. The third-order valence-electron chi connectivity index (χ3n) is 1.54. The maximum Gasteiger partial charge on any atom is 0.512 e. The number of halogens is 3. The van der Waals surface area contributed by atoms with Gasteiger partial charge in [-0.1, -0.05) is 34.7 Å². The molecular formula is C8H8F3NO2S2. The molecule has 3 nitrogen and oxygen atoms in total. The summed E-state index contributed by atoms with van der Waals surface area (Å²) in [6, 6.07) is 7.83. The van der Waals surface area contributed by atoms with Crippen LogP contribution in [0.3, 0.4) is 0 Å². The van der Waals surface area contributed by atoms with Crippen LogP contribution in [0.5, 0.6) is 0 Å². The third kappa shape index (κ3) is 3.06. The van der Waals surface area contributed by atoms with Gasteiger partial charge in [-0.25, -0.2) is 8.42 Å². The van der Waals surface area contributed by atoms with Gasteiger partial charge in [-0.3, -0.25) is 0 Å². The van der Waals surface area contributed by atoms with E-state index in [-0.39, 0.29) is 0 Å². The van der Waals surface area contributed by atoms with E-state index in [0.29, 0.717) is 4.90 Å². The zero-order chi connectivity index (χ0) is 12.4. The molecular weight excluding hydrogens is 263 g/mol. The summed E-state index contributed by atoms with van der Waals surface area (Å²) < 4.78 is 59.1. The predicted molar refractivity (Wildman–Crippen MR) is 57.5 cm³/mol. The van der Waals surface area contributed by atoms with Crippen LogP contribution in [0.2, 0.25) is 0 Å². The lowest BCUT2D eigenvalue weighted by atomic mass is 10.4. The van der Waals surface area contributed by atoms with Crippen molar-refractivity contribution in [3.05, 3.63) is 30.3 Å². The van der Waals surface area contributed by atoms with Gasteiger partial charge >= 0.3 is 15.5 Å². The molecule has 1 aromatic carbocycles. The molecule has 1 aromatic rings. The summed E-state index contributed by atoms with van der Waals surface area (Å²) in [6.07, 6.45) is 0. The van der Waals surface area contributed by atoms with Gasteiger partial charge in [-0.2, -0.15) is 17.3 Å². The molecule has 0 radical (unpaired) electrons. The molecule has 0 bridgehead atoms. The van der Waals surface area contributed by atoms with Crippen molar-refractivity contribution in [3.8, 4) is 0 Å². The van der Waals surface area contributed by atoms with Gasteiger partial charge in [-0.05, 0) is 12.1 Å². The fourth-order valence-corrected chi connectivity index (χ4v) is 3.12. The molecule has 1 N–H and O–H groups in total. The highest BCUT2D eigenvalue weighted by atomic mass is 32.3. The minimum atomic E-state index is -5.35. The zero-order valence-electron chi connectivity index (χ0n) is 7.86. The second-order valence-corrected chi connectivity index (χ2v) is 6.13. The molecule has 0 heterocycles. The first kappa shape index (κ1) is 13.2. The second kappa shape index (κ2) is 4.56. The molecule has 0 aromatic heterocycles. The average Bonchev–Trinajstić information content (AvgIpc) is 2.16. The minimum Gasteiger partial charge on any atom is -0.202 e. The van der Waals surface area contributed by atoms with E-state index in [1.165, 1.54) is 16.3 Å². The summed E-state index contributed by atoms with van der Waals surface area (Å²) in [6.45, 7) is 0. The number of sulfonamides is 1. The lowest BCUT2D eigenvalue weighted by molar-refractivity contribution is -0.0440. The van der Waals surface area contributed by atoms with Crippen LogP contribution in [0.25, 0.3) is 0 Å². The normalized spacial score (nSPS) is 14.7. The van der Waals surface area contributed by atoms with Crippen LogP contribution >= 0.6 is 10.7 Å². The van der Waals surface area contributed by atoms with Crippen LogP contribution in [0.4, 0.5) is 13.2 Å². The van der Waals surface area contributed by atoms with Gasteiger partial charge in [0.25, 0.3) is 0 Å². The van der Waals surface area contributed by atoms with Crippen molar-refractivity contribution in [1.29, 1.82) is 0 Å². The first-order valence-electron chi connectivity index (χ1n) is 3.92. The molecule has 16 heavy (non-hydrogen) atoms. The molecule has 90 valence electrons. The number of hydrogen-bond acceptors (Lipinski definition) is 2. The van der Waals surface area contributed by atoms with Gasteiger partial charge in [0.2, 0.25) is 0 Å². The number of alkyl halides is 3. The van der Waals surface area contributed by atoms with Crippen LogP contribution in [-0.4, -0.2) is 19.8 Å². The number of nitrogens with one attached hydrogen (secondary N) is 1. The summed E-state index contributed by atoms with van der Waals surface area (Å²) in [4.78, 5) is 0.385. The molecule has 0 fully saturated rings. The van der Waals surface area contributed by atoms with E-state index < -0.39 is 26.2 Å². The van der Waals surface area contributed by atoms with Gasteiger partial charge < -0.3 is 0 Å². The van der Waals surface area contributed by atoms with Gasteiger partial charge in [0.15, 0.2) is 0 Å². The minimum absolute atomic E-state index is 0.385. The Bertz CT molecular complexity index is 482. The third-order valence-corrected chi connectivity index (χ3v) is 4.68. The Morgan fingerprint density at radius 2 is 1.69 bits per heavy atom. The fourth-order valence-electron chi connectivity index (χ4n) is 0.813. The van der Waals surface area contributed by atoms with Crippen molar-refractivity contribution in [2.24, 2.45) is 0 Å².